The molecule has 0 aromatic heterocycles. The minimum atomic E-state index is 0.728. The molecule has 2 heteroatoms. The number of likely N-dealkylation sites (tertiary alicyclic amines) is 1. The molecule has 2 nitrogen and oxygen atoms in total. The molecule has 12 heavy (non-hydrogen) atoms. The highest BCUT2D eigenvalue weighted by Gasteiger charge is 2.39. The van der Waals surface area contributed by atoms with Crippen molar-refractivity contribution in [3.8, 4) is 0 Å². The van der Waals surface area contributed by atoms with Gasteiger partial charge in [-0.2, -0.15) is 0 Å². The van der Waals surface area contributed by atoms with Crippen LogP contribution in [0, 0.1) is 10.8 Å². The largest absolute Gasteiger partial charge is 0.361 e. The molecule has 0 aromatic carbocycles. The summed E-state index contributed by atoms with van der Waals surface area (Å²) < 4.78 is 0. The number of rotatable bonds is 0. The first-order valence-electron chi connectivity index (χ1n) is 5.02. The molecular formula is C10H18N2. The molecule has 68 valence electrons. The number of nitrogens with one attached hydrogen (secondary N) is 1. The Morgan fingerprint density at radius 2 is 1.75 bits per heavy atom. The van der Waals surface area contributed by atoms with Crippen LogP contribution in [0.1, 0.15) is 39.0 Å². The minimum Gasteiger partial charge on any atom is -0.361 e. The zero-order chi connectivity index (χ0) is 8.60. The Morgan fingerprint density at radius 3 is 2.08 bits per heavy atom. The second-order valence-electron chi connectivity index (χ2n) is 4.43. The van der Waals surface area contributed by atoms with Crippen molar-refractivity contribution in [2.24, 2.45) is 5.41 Å². The summed E-state index contributed by atoms with van der Waals surface area (Å²) in [5, 5.41) is 7.52. The van der Waals surface area contributed by atoms with Crippen molar-refractivity contribution >= 4 is 5.84 Å². The summed E-state index contributed by atoms with van der Waals surface area (Å²) in [5.74, 6) is 0.754. The average molecular weight is 166 g/mol. The zero-order valence-corrected chi connectivity index (χ0v) is 7.90. The van der Waals surface area contributed by atoms with Crippen molar-refractivity contribution in [3.05, 3.63) is 0 Å². The lowest BCUT2D eigenvalue weighted by atomic mass is 9.63. The Balaban J connectivity index is 1.88. The number of amidine groups is 1. The summed E-state index contributed by atoms with van der Waals surface area (Å²) in [6.45, 7) is 4.17. The van der Waals surface area contributed by atoms with E-state index in [0.29, 0.717) is 0 Å². The lowest BCUT2D eigenvalue weighted by molar-refractivity contribution is 0.0566. The van der Waals surface area contributed by atoms with Gasteiger partial charge in [-0.15, -0.1) is 0 Å². The molecule has 2 aliphatic rings. The summed E-state index contributed by atoms with van der Waals surface area (Å²) in [6, 6.07) is 0. The van der Waals surface area contributed by atoms with E-state index in [-0.39, 0.29) is 0 Å². The molecule has 0 unspecified atom stereocenters. The van der Waals surface area contributed by atoms with Gasteiger partial charge in [0.05, 0.1) is 5.84 Å². The van der Waals surface area contributed by atoms with Gasteiger partial charge in [-0.05, 0) is 38.0 Å². The highest BCUT2D eigenvalue weighted by Crippen LogP contribution is 2.48. The van der Waals surface area contributed by atoms with Gasteiger partial charge in [0.15, 0.2) is 0 Å². The van der Waals surface area contributed by atoms with Gasteiger partial charge in [0.25, 0.3) is 0 Å². The molecule has 2 fully saturated rings. The second kappa shape index (κ2) is 2.75. The lowest BCUT2D eigenvalue weighted by Gasteiger charge is -2.48. The maximum atomic E-state index is 7.52. The summed E-state index contributed by atoms with van der Waals surface area (Å²) in [6.07, 6.45) is 7.03. The number of piperidine rings is 1. The average Bonchev–Trinajstić information content (AvgIpc) is 2.02. The molecule has 1 aliphatic heterocycles. The van der Waals surface area contributed by atoms with Gasteiger partial charge in [0, 0.05) is 13.1 Å². The first kappa shape index (κ1) is 8.09. The van der Waals surface area contributed by atoms with Crippen molar-refractivity contribution in [3.63, 3.8) is 0 Å². The van der Waals surface area contributed by atoms with Crippen molar-refractivity contribution in [1.29, 1.82) is 5.41 Å². The second-order valence-corrected chi connectivity index (χ2v) is 4.43. The molecule has 1 saturated carbocycles. The molecule has 1 spiro atoms. The lowest BCUT2D eigenvalue weighted by Crippen LogP contribution is -2.44. The van der Waals surface area contributed by atoms with Gasteiger partial charge >= 0.3 is 0 Å². The van der Waals surface area contributed by atoms with E-state index < -0.39 is 0 Å². The van der Waals surface area contributed by atoms with Gasteiger partial charge in [-0.1, -0.05) is 6.42 Å². The smallest absolute Gasteiger partial charge is 0.0925 e. The van der Waals surface area contributed by atoms with Crippen LogP contribution in [0.25, 0.3) is 0 Å². The van der Waals surface area contributed by atoms with E-state index in [2.05, 4.69) is 4.90 Å². The Hall–Kier alpha value is -0.530. The van der Waals surface area contributed by atoms with Crippen LogP contribution in [0.5, 0.6) is 0 Å². The Labute approximate surface area is 74.5 Å². The van der Waals surface area contributed by atoms with Gasteiger partial charge in [0.1, 0.15) is 0 Å². The molecule has 0 amide bonds. The molecule has 1 saturated heterocycles. The third-order valence-corrected chi connectivity index (χ3v) is 3.71. The highest BCUT2D eigenvalue weighted by molar-refractivity contribution is 5.76. The molecule has 2 rings (SSSR count). The Bertz CT molecular complexity index is 184. The van der Waals surface area contributed by atoms with Crippen LogP contribution in [0.15, 0.2) is 0 Å². The minimum absolute atomic E-state index is 0.728. The summed E-state index contributed by atoms with van der Waals surface area (Å²) >= 11 is 0. The van der Waals surface area contributed by atoms with Gasteiger partial charge in [0.2, 0.25) is 0 Å². The highest BCUT2D eigenvalue weighted by atomic mass is 15.2. The maximum absolute atomic E-state index is 7.52. The van der Waals surface area contributed by atoms with Gasteiger partial charge < -0.3 is 4.90 Å². The third-order valence-electron chi connectivity index (χ3n) is 3.71. The molecule has 0 aromatic rings. The van der Waals surface area contributed by atoms with Crippen LogP contribution in [0.2, 0.25) is 0 Å². The molecule has 0 atom stereocenters. The van der Waals surface area contributed by atoms with Crippen LogP contribution >= 0.6 is 0 Å². The first-order chi connectivity index (χ1) is 5.72. The van der Waals surface area contributed by atoms with E-state index in [1.165, 1.54) is 32.1 Å². The first-order valence-corrected chi connectivity index (χ1v) is 5.02. The molecule has 0 radical (unpaired) electrons. The van der Waals surface area contributed by atoms with E-state index in [0.717, 1.165) is 24.3 Å². The fraction of sp³-hybridized carbons (Fsp3) is 0.900. The van der Waals surface area contributed by atoms with Gasteiger partial charge in [-0.3, -0.25) is 5.41 Å². The fourth-order valence-corrected chi connectivity index (χ4v) is 2.49. The predicted octanol–water partition coefficient (Wildman–Crippen LogP) is 2.25. The van der Waals surface area contributed by atoms with Crippen molar-refractivity contribution < 1.29 is 0 Å². The predicted molar refractivity (Wildman–Crippen MR) is 50.5 cm³/mol. The molecule has 0 bridgehead atoms. The Kier molecular flexibility index (Phi) is 1.85. The van der Waals surface area contributed by atoms with E-state index in [9.17, 15) is 0 Å². The zero-order valence-electron chi connectivity index (χ0n) is 7.90. The van der Waals surface area contributed by atoms with E-state index in [1.54, 1.807) is 0 Å². The molecular weight excluding hydrogens is 148 g/mol. The van der Waals surface area contributed by atoms with Crippen LogP contribution in [-0.2, 0) is 0 Å². The number of hydrogen-bond acceptors (Lipinski definition) is 1. The standard InChI is InChI=1S/C10H18N2/c1-9(11)12-7-5-10(6-8-12)3-2-4-10/h11H,2-8H2,1H3. The van der Waals surface area contributed by atoms with Crippen LogP contribution in [0.4, 0.5) is 0 Å². The van der Waals surface area contributed by atoms with Gasteiger partial charge in [-0.25, -0.2) is 0 Å². The third kappa shape index (κ3) is 1.23. The summed E-state index contributed by atoms with van der Waals surface area (Å²) in [4.78, 5) is 2.21. The summed E-state index contributed by atoms with van der Waals surface area (Å²) in [7, 11) is 0. The Morgan fingerprint density at radius 1 is 1.17 bits per heavy atom. The number of nitrogens with zero attached hydrogens (tertiary/aromatic N) is 1. The monoisotopic (exact) mass is 166 g/mol. The van der Waals surface area contributed by atoms with Crippen LogP contribution in [0.3, 0.4) is 0 Å². The molecule has 1 N–H and O–H groups in total. The SMILES string of the molecule is CC(=N)N1CCC2(CCC2)CC1. The quantitative estimate of drug-likeness (QED) is 0.433. The van der Waals surface area contributed by atoms with E-state index in [1.807, 2.05) is 6.92 Å². The molecule has 1 heterocycles. The van der Waals surface area contributed by atoms with Crippen molar-refractivity contribution in [2.75, 3.05) is 13.1 Å². The number of hydrogen-bond donors (Lipinski definition) is 1. The normalized spacial score (nSPS) is 26.9. The van der Waals surface area contributed by atoms with E-state index in [4.69, 9.17) is 5.41 Å². The summed E-state index contributed by atoms with van der Waals surface area (Å²) in [5.41, 5.74) is 0.728. The van der Waals surface area contributed by atoms with Crippen LogP contribution in [-0.4, -0.2) is 23.8 Å². The molecule has 1 aliphatic carbocycles. The van der Waals surface area contributed by atoms with Crippen molar-refractivity contribution in [1.82, 2.24) is 4.90 Å². The van der Waals surface area contributed by atoms with E-state index >= 15 is 0 Å². The maximum Gasteiger partial charge on any atom is 0.0925 e. The topological polar surface area (TPSA) is 27.1 Å². The van der Waals surface area contributed by atoms with Crippen LogP contribution < -0.4 is 0 Å². The van der Waals surface area contributed by atoms with Crippen molar-refractivity contribution in [2.45, 2.75) is 39.0 Å². The fourth-order valence-electron chi connectivity index (χ4n) is 2.49.